The molecule has 2 N–H and O–H groups in total. The summed E-state index contributed by atoms with van der Waals surface area (Å²) in [6.45, 7) is 1.83. The maximum Gasteiger partial charge on any atom is 0.242 e. The number of allylic oxidation sites excluding steroid dienone is 1. The second kappa shape index (κ2) is 8.87. The number of sulfone groups is 1. The Kier molecular flexibility index (Phi) is 6.40. The van der Waals surface area contributed by atoms with E-state index >= 15 is 0 Å². The van der Waals surface area contributed by atoms with Crippen molar-refractivity contribution in [3.63, 3.8) is 0 Å². The van der Waals surface area contributed by atoms with E-state index < -0.39 is 19.9 Å². The Hall–Kier alpha value is -3.60. The van der Waals surface area contributed by atoms with Gasteiger partial charge in [-0.05, 0) is 42.5 Å². The Morgan fingerprint density at radius 3 is 2.31 bits per heavy atom. The van der Waals surface area contributed by atoms with Crippen LogP contribution < -0.4 is 5.32 Å². The number of aromatic nitrogens is 4. The molecule has 0 fully saturated rings. The molecule has 0 atom stereocenters. The molecular weight excluding hydrogens is 454 g/mol. The standard InChI is InChI=1S/C19H19N7O4S2/c1-13-4-6-15(7-5-13)31(27,28)18-9-8-16(32(29,30)26(2)3)10-17(18)21-12-14(11-20)19-22-24-25-23-19/h4-10,12,21H,1-3H3,(H,22,23,24,25). The highest BCUT2D eigenvalue weighted by Crippen LogP contribution is 2.31. The summed E-state index contributed by atoms with van der Waals surface area (Å²) in [6.07, 6.45) is 1.18. The van der Waals surface area contributed by atoms with E-state index in [0.717, 1.165) is 9.87 Å². The van der Waals surface area contributed by atoms with Crippen LogP contribution in [0.25, 0.3) is 5.57 Å². The predicted octanol–water partition coefficient (Wildman–Crippen LogP) is 1.57. The molecule has 1 heterocycles. The van der Waals surface area contributed by atoms with Crippen LogP contribution in [0.15, 0.2) is 63.4 Å². The van der Waals surface area contributed by atoms with Crippen molar-refractivity contribution in [1.82, 2.24) is 24.9 Å². The molecule has 0 saturated carbocycles. The zero-order chi connectivity index (χ0) is 23.5. The smallest absolute Gasteiger partial charge is 0.242 e. The van der Waals surface area contributed by atoms with Gasteiger partial charge >= 0.3 is 0 Å². The predicted molar refractivity (Wildman–Crippen MR) is 115 cm³/mol. The number of nitrogens with one attached hydrogen (secondary N) is 2. The third kappa shape index (κ3) is 4.52. The Balaban J connectivity index is 2.17. The summed E-state index contributed by atoms with van der Waals surface area (Å²) in [6, 6.07) is 11.7. The van der Waals surface area contributed by atoms with Crippen LogP contribution in [0.2, 0.25) is 0 Å². The molecule has 2 aromatic carbocycles. The highest BCUT2D eigenvalue weighted by molar-refractivity contribution is 7.91. The first-order valence-electron chi connectivity index (χ1n) is 9.06. The number of tetrazole rings is 1. The fourth-order valence-electron chi connectivity index (χ4n) is 2.64. The van der Waals surface area contributed by atoms with Crippen molar-refractivity contribution >= 4 is 31.1 Å². The van der Waals surface area contributed by atoms with Crippen LogP contribution in [-0.2, 0) is 19.9 Å². The molecule has 3 rings (SSSR count). The van der Waals surface area contributed by atoms with E-state index in [4.69, 9.17) is 0 Å². The number of H-pyrrole nitrogens is 1. The van der Waals surface area contributed by atoms with Gasteiger partial charge in [0.15, 0.2) is 0 Å². The second-order valence-corrected chi connectivity index (χ2v) is 10.9. The summed E-state index contributed by atoms with van der Waals surface area (Å²) in [5.41, 5.74) is 0.805. The van der Waals surface area contributed by atoms with Crippen molar-refractivity contribution in [2.24, 2.45) is 0 Å². The van der Waals surface area contributed by atoms with Crippen LogP contribution in [0.1, 0.15) is 11.4 Å². The largest absolute Gasteiger partial charge is 0.359 e. The Morgan fingerprint density at radius 2 is 1.75 bits per heavy atom. The number of hydrogen-bond donors (Lipinski definition) is 2. The first-order chi connectivity index (χ1) is 15.1. The molecule has 1 aromatic heterocycles. The third-order valence-corrected chi connectivity index (χ3v) is 8.07. The van der Waals surface area contributed by atoms with Crippen LogP contribution in [0, 0.1) is 18.3 Å². The van der Waals surface area contributed by atoms with Crippen molar-refractivity contribution in [3.8, 4) is 6.07 Å². The van der Waals surface area contributed by atoms with Gasteiger partial charge < -0.3 is 5.32 Å². The van der Waals surface area contributed by atoms with Crippen molar-refractivity contribution in [1.29, 1.82) is 5.26 Å². The molecule has 0 aliphatic heterocycles. The SMILES string of the molecule is Cc1ccc(S(=O)(=O)c2ccc(S(=O)(=O)N(C)C)cc2NC=C(C#N)c2nn[nH]n2)cc1. The first-order valence-corrected chi connectivity index (χ1v) is 12.0. The average Bonchev–Trinajstić information content (AvgIpc) is 3.29. The lowest BCUT2D eigenvalue weighted by molar-refractivity contribution is 0.520. The maximum absolute atomic E-state index is 13.3. The lowest BCUT2D eigenvalue weighted by Crippen LogP contribution is -2.22. The Labute approximate surface area is 185 Å². The van der Waals surface area contributed by atoms with Crippen LogP contribution >= 0.6 is 0 Å². The molecule has 13 heteroatoms. The van der Waals surface area contributed by atoms with Crippen molar-refractivity contribution in [3.05, 3.63) is 60.1 Å². The van der Waals surface area contributed by atoms with E-state index in [1.807, 2.05) is 13.0 Å². The number of nitrogens with zero attached hydrogens (tertiary/aromatic N) is 5. The molecule has 0 aliphatic rings. The van der Waals surface area contributed by atoms with Crippen LogP contribution in [0.3, 0.4) is 0 Å². The molecule has 32 heavy (non-hydrogen) atoms. The first kappa shape index (κ1) is 23.1. The number of aryl methyl sites for hydroxylation is 1. The Morgan fingerprint density at radius 1 is 1.09 bits per heavy atom. The highest BCUT2D eigenvalue weighted by Gasteiger charge is 2.25. The third-order valence-electron chi connectivity index (χ3n) is 4.43. The van der Waals surface area contributed by atoms with Gasteiger partial charge in [-0.3, -0.25) is 0 Å². The number of benzene rings is 2. The summed E-state index contributed by atoms with van der Waals surface area (Å²) in [7, 11) is -5.13. The number of sulfonamides is 1. The minimum Gasteiger partial charge on any atom is -0.359 e. The second-order valence-electron chi connectivity index (χ2n) is 6.81. The molecule has 0 aliphatic carbocycles. The lowest BCUT2D eigenvalue weighted by atomic mass is 10.2. The molecule has 3 aromatic rings. The molecule has 0 bridgehead atoms. The monoisotopic (exact) mass is 473 g/mol. The lowest BCUT2D eigenvalue weighted by Gasteiger charge is -2.15. The summed E-state index contributed by atoms with van der Waals surface area (Å²) in [5, 5.41) is 25.1. The molecular formula is C19H19N7O4S2. The summed E-state index contributed by atoms with van der Waals surface area (Å²) >= 11 is 0. The van der Waals surface area contributed by atoms with E-state index in [1.54, 1.807) is 12.1 Å². The van der Waals surface area contributed by atoms with Crippen molar-refractivity contribution in [2.75, 3.05) is 19.4 Å². The Bertz CT molecular complexity index is 1410. The van der Waals surface area contributed by atoms with E-state index in [-0.39, 0.29) is 31.8 Å². The van der Waals surface area contributed by atoms with Gasteiger partial charge in [0.1, 0.15) is 11.6 Å². The van der Waals surface area contributed by atoms with Gasteiger partial charge in [0.2, 0.25) is 25.7 Å². The molecule has 0 amide bonds. The van der Waals surface area contributed by atoms with E-state index in [9.17, 15) is 22.1 Å². The molecule has 11 nitrogen and oxygen atoms in total. The van der Waals surface area contributed by atoms with Crippen LogP contribution in [0.5, 0.6) is 0 Å². The summed E-state index contributed by atoms with van der Waals surface area (Å²) in [5.74, 6) is -0.0139. The van der Waals surface area contributed by atoms with Crippen LogP contribution in [-0.4, -0.2) is 55.9 Å². The minimum absolute atomic E-state index is 0.0139. The molecule has 0 unspecified atom stereocenters. The average molecular weight is 474 g/mol. The minimum atomic E-state index is -4.01. The quantitative estimate of drug-likeness (QED) is 0.485. The number of rotatable bonds is 7. The molecule has 0 radical (unpaired) electrons. The van der Waals surface area contributed by atoms with Gasteiger partial charge in [-0.2, -0.15) is 10.5 Å². The number of anilines is 1. The van der Waals surface area contributed by atoms with Gasteiger partial charge in [0.05, 0.1) is 20.4 Å². The maximum atomic E-state index is 13.3. The summed E-state index contributed by atoms with van der Waals surface area (Å²) < 4.78 is 52.7. The van der Waals surface area contributed by atoms with E-state index in [0.29, 0.717) is 0 Å². The van der Waals surface area contributed by atoms with Gasteiger partial charge in [-0.25, -0.2) is 21.1 Å². The van der Waals surface area contributed by atoms with Gasteiger partial charge in [-0.1, -0.05) is 17.7 Å². The number of aromatic amines is 1. The van der Waals surface area contributed by atoms with Gasteiger partial charge in [-0.15, -0.1) is 10.2 Å². The zero-order valence-electron chi connectivity index (χ0n) is 17.3. The molecule has 0 spiro atoms. The fraction of sp³-hybridized carbons (Fsp3) is 0.158. The fourth-order valence-corrected chi connectivity index (χ4v) is 4.98. The normalized spacial score (nSPS) is 12.5. The van der Waals surface area contributed by atoms with Crippen molar-refractivity contribution in [2.45, 2.75) is 21.6 Å². The van der Waals surface area contributed by atoms with Gasteiger partial charge in [0.25, 0.3) is 0 Å². The van der Waals surface area contributed by atoms with Crippen molar-refractivity contribution < 1.29 is 16.8 Å². The summed E-state index contributed by atoms with van der Waals surface area (Å²) in [4.78, 5) is -0.253. The number of nitriles is 1. The highest BCUT2D eigenvalue weighted by atomic mass is 32.2. The van der Waals surface area contributed by atoms with Gasteiger partial charge in [0, 0.05) is 20.3 Å². The zero-order valence-corrected chi connectivity index (χ0v) is 18.9. The number of hydrogen-bond acceptors (Lipinski definition) is 9. The molecule has 166 valence electrons. The van der Waals surface area contributed by atoms with Crippen LogP contribution in [0.4, 0.5) is 5.69 Å². The van der Waals surface area contributed by atoms with E-state index in [1.165, 1.54) is 50.6 Å². The topological polar surface area (TPSA) is 162 Å². The van der Waals surface area contributed by atoms with E-state index in [2.05, 4.69) is 25.9 Å². The molecule has 0 saturated heterocycles.